The molecule has 3 atom stereocenters. The molecule has 7 heteroatoms. The van der Waals surface area contributed by atoms with Crippen LogP contribution in [0.25, 0.3) is 11.4 Å². The zero-order valence-corrected chi connectivity index (χ0v) is 16.5. The molecule has 0 spiro atoms. The molecule has 140 valence electrons. The first-order valence-electron chi connectivity index (χ1n) is 9.36. The Morgan fingerprint density at radius 1 is 1.27 bits per heavy atom. The number of carbonyl (C=O) groups is 1. The van der Waals surface area contributed by atoms with Gasteiger partial charge in [-0.25, -0.2) is 0 Å². The van der Waals surface area contributed by atoms with Crippen LogP contribution in [0.3, 0.4) is 0 Å². The van der Waals surface area contributed by atoms with Crippen molar-refractivity contribution < 1.29 is 4.79 Å². The molecule has 26 heavy (non-hydrogen) atoms. The van der Waals surface area contributed by atoms with Gasteiger partial charge in [0.05, 0.1) is 5.75 Å². The van der Waals surface area contributed by atoms with Gasteiger partial charge in [0, 0.05) is 30.5 Å². The highest BCUT2D eigenvalue weighted by Gasteiger charge is 2.28. The molecule has 2 aromatic rings. The predicted octanol–water partition coefficient (Wildman–Crippen LogP) is 3.39. The number of hydrogen-bond acceptors (Lipinski definition) is 5. The third kappa shape index (κ3) is 4.26. The summed E-state index contributed by atoms with van der Waals surface area (Å²) in [6.45, 7) is 7.34. The first-order chi connectivity index (χ1) is 12.6. The van der Waals surface area contributed by atoms with Crippen LogP contribution in [-0.2, 0) is 11.3 Å². The second-order valence-corrected chi connectivity index (χ2v) is 7.96. The summed E-state index contributed by atoms with van der Waals surface area (Å²) in [5.41, 5.74) is 0.982. The summed E-state index contributed by atoms with van der Waals surface area (Å²) >= 11 is 1.45. The number of aromatic nitrogens is 4. The third-order valence-electron chi connectivity index (χ3n) is 5.36. The van der Waals surface area contributed by atoms with Crippen LogP contribution in [0.2, 0.25) is 0 Å². The maximum Gasteiger partial charge on any atom is 0.230 e. The Morgan fingerprint density at radius 2 is 2.04 bits per heavy atom. The molecule has 0 unspecified atom stereocenters. The summed E-state index contributed by atoms with van der Waals surface area (Å²) < 4.78 is 2.04. The average Bonchev–Trinajstić information content (AvgIpc) is 3.07. The van der Waals surface area contributed by atoms with Crippen molar-refractivity contribution in [1.29, 1.82) is 0 Å². The quantitative estimate of drug-likeness (QED) is 0.786. The van der Waals surface area contributed by atoms with Gasteiger partial charge in [-0.3, -0.25) is 9.78 Å². The van der Waals surface area contributed by atoms with Gasteiger partial charge in [-0.15, -0.1) is 10.2 Å². The van der Waals surface area contributed by atoms with Gasteiger partial charge >= 0.3 is 0 Å². The van der Waals surface area contributed by atoms with E-state index in [-0.39, 0.29) is 5.91 Å². The van der Waals surface area contributed by atoms with Crippen LogP contribution in [0.15, 0.2) is 29.7 Å². The summed E-state index contributed by atoms with van der Waals surface area (Å²) in [4.78, 5) is 16.5. The molecule has 1 N–H and O–H groups in total. The molecule has 0 bridgehead atoms. The summed E-state index contributed by atoms with van der Waals surface area (Å²) in [5, 5.41) is 12.6. The molecule has 1 aliphatic rings. The zero-order valence-electron chi connectivity index (χ0n) is 15.7. The van der Waals surface area contributed by atoms with Crippen molar-refractivity contribution in [3.05, 3.63) is 24.5 Å². The fourth-order valence-electron chi connectivity index (χ4n) is 3.56. The lowest BCUT2D eigenvalue weighted by Crippen LogP contribution is -2.44. The molecule has 0 radical (unpaired) electrons. The molecule has 0 aliphatic heterocycles. The lowest BCUT2D eigenvalue weighted by atomic mass is 9.78. The van der Waals surface area contributed by atoms with E-state index in [1.54, 1.807) is 12.4 Å². The van der Waals surface area contributed by atoms with Crippen molar-refractivity contribution >= 4 is 17.7 Å². The number of nitrogens with zero attached hydrogens (tertiary/aromatic N) is 4. The Balaban J connectivity index is 1.61. The van der Waals surface area contributed by atoms with E-state index in [4.69, 9.17) is 0 Å². The number of rotatable bonds is 6. The van der Waals surface area contributed by atoms with Crippen LogP contribution < -0.4 is 5.32 Å². The number of nitrogens with one attached hydrogen (secondary N) is 1. The fourth-order valence-corrected chi connectivity index (χ4v) is 4.37. The van der Waals surface area contributed by atoms with Gasteiger partial charge in [0.2, 0.25) is 5.91 Å². The van der Waals surface area contributed by atoms with Crippen molar-refractivity contribution in [2.24, 2.45) is 11.8 Å². The SMILES string of the molecule is CCn1c(SCC(=O)N[C@@H]2CCC[C@@H](C)[C@@H]2C)nnc1-c1ccncc1. The number of amides is 1. The maximum absolute atomic E-state index is 12.4. The molecule has 0 saturated heterocycles. The smallest absolute Gasteiger partial charge is 0.230 e. The van der Waals surface area contributed by atoms with E-state index in [1.165, 1.54) is 24.6 Å². The second kappa shape index (κ2) is 8.66. The van der Waals surface area contributed by atoms with E-state index < -0.39 is 0 Å². The molecule has 1 amide bonds. The number of hydrogen-bond donors (Lipinski definition) is 1. The Bertz CT molecular complexity index is 733. The second-order valence-electron chi connectivity index (χ2n) is 7.02. The van der Waals surface area contributed by atoms with E-state index in [0.717, 1.165) is 29.5 Å². The molecular formula is C19H27N5OS. The minimum atomic E-state index is 0.0806. The zero-order chi connectivity index (χ0) is 18.5. The lowest BCUT2D eigenvalue weighted by molar-refractivity contribution is -0.120. The van der Waals surface area contributed by atoms with E-state index in [9.17, 15) is 4.79 Å². The van der Waals surface area contributed by atoms with Crippen LogP contribution in [0.1, 0.15) is 40.0 Å². The first-order valence-corrected chi connectivity index (χ1v) is 10.3. The van der Waals surface area contributed by atoms with E-state index in [0.29, 0.717) is 23.6 Å². The standard InChI is InChI=1S/C19H27N5OS/c1-4-24-18(15-8-10-20-11-9-15)22-23-19(24)26-12-17(25)21-16-7-5-6-13(2)14(16)3/h8-11,13-14,16H,4-7,12H2,1-3H3,(H,21,25)/t13-,14+,16-/m1/s1. The van der Waals surface area contributed by atoms with Gasteiger partial charge in [0.25, 0.3) is 0 Å². The Labute approximate surface area is 159 Å². The summed E-state index contributed by atoms with van der Waals surface area (Å²) in [5.74, 6) is 2.47. The van der Waals surface area contributed by atoms with Gasteiger partial charge in [-0.1, -0.05) is 38.5 Å². The minimum Gasteiger partial charge on any atom is -0.352 e. The highest BCUT2D eigenvalue weighted by atomic mass is 32.2. The maximum atomic E-state index is 12.4. The Hall–Kier alpha value is -1.89. The van der Waals surface area contributed by atoms with Gasteiger partial charge in [0.1, 0.15) is 0 Å². The monoisotopic (exact) mass is 373 g/mol. The van der Waals surface area contributed by atoms with Gasteiger partial charge in [-0.2, -0.15) is 0 Å². The molecule has 1 saturated carbocycles. The van der Waals surface area contributed by atoms with Crippen molar-refractivity contribution in [2.75, 3.05) is 5.75 Å². The normalized spacial score (nSPS) is 23.0. The van der Waals surface area contributed by atoms with Crippen LogP contribution in [-0.4, -0.2) is 37.5 Å². The lowest BCUT2D eigenvalue weighted by Gasteiger charge is -2.34. The molecule has 1 fully saturated rings. The third-order valence-corrected chi connectivity index (χ3v) is 6.32. The van der Waals surface area contributed by atoms with Crippen LogP contribution in [0.4, 0.5) is 0 Å². The molecular weight excluding hydrogens is 346 g/mol. The molecule has 2 heterocycles. The molecule has 0 aromatic carbocycles. The van der Waals surface area contributed by atoms with E-state index >= 15 is 0 Å². The van der Waals surface area contributed by atoms with E-state index in [2.05, 4.69) is 41.3 Å². The summed E-state index contributed by atoms with van der Waals surface area (Å²) in [6.07, 6.45) is 7.04. The highest BCUT2D eigenvalue weighted by molar-refractivity contribution is 7.99. The van der Waals surface area contributed by atoms with Crippen molar-refractivity contribution in [3.63, 3.8) is 0 Å². The van der Waals surface area contributed by atoms with Crippen LogP contribution in [0, 0.1) is 11.8 Å². The highest BCUT2D eigenvalue weighted by Crippen LogP contribution is 2.29. The van der Waals surface area contributed by atoms with Crippen molar-refractivity contribution in [3.8, 4) is 11.4 Å². The fraction of sp³-hybridized carbons (Fsp3) is 0.579. The largest absolute Gasteiger partial charge is 0.352 e. The molecule has 1 aliphatic carbocycles. The Kier molecular flexibility index (Phi) is 6.29. The number of carbonyl (C=O) groups excluding carboxylic acids is 1. The molecule has 6 nitrogen and oxygen atoms in total. The molecule has 3 rings (SSSR count). The van der Waals surface area contributed by atoms with Gasteiger partial charge in [0.15, 0.2) is 11.0 Å². The average molecular weight is 374 g/mol. The topological polar surface area (TPSA) is 72.7 Å². The number of thioether (sulfide) groups is 1. The van der Waals surface area contributed by atoms with Crippen LogP contribution >= 0.6 is 11.8 Å². The Morgan fingerprint density at radius 3 is 2.77 bits per heavy atom. The van der Waals surface area contributed by atoms with Crippen molar-refractivity contribution in [1.82, 2.24) is 25.1 Å². The van der Waals surface area contributed by atoms with Gasteiger partial charge in [-0.05, 0) is 37.3 Å². The van der Waals surface area contributed by atoms with E-state index in [1.807, 2.05) is 16.7 Å². The predicted molar refractivity (Wildman–Crippen MR) is 104 cm³/mol. The first kappa shape index (κ1) is 18.9. The number of pyridine rings is 1. The van der Waals surface area contributed by atoms with Gasteiger partial charge < -0.3 is 9.88 Å². The minimum absolute atomic E-state index is 0.0806. The summed E-state index contributed by atoms with van der Waals surface area (Å²) in [7, 11) is 0. The summed E-state index contributed by atoms with van der Waals surface area (Å²) in [6, 6.07) is 4.13. The van der Waals surface area contributed by atoms with Crippen molar-refractivity contribution in [2.45, 2.75) is 57.8 Å². The molecule has 2 aromatic heterocycles. The van der Waals surface area contributed by atoms with Crippen LogP contribution in [0.5, 0.6) is 0 Å².